The normalized spacial score (nSPS) is 18.2. The number of halogens is 1. The largest absolute Gasteiger partial charge is 0.484 e. The van der Waals surface area contributed by atoms with Crippen LogP contribution in [0.3, 0.4) is 0 Å². The lowest BCUT2D eigenvalue weighted by atomic mass is 9.95. The molecule has 1 atom stereocenters. The van der Waals surface area contributed by atoms with Crippen LogP contribution in [-0.2, 0) is 4.79 Å². The summed E-state index contributed by atoms with van der Waals surface area (Å²) in [6, 6.07) is 7.62. The molecule has 1 fully saturated rings. The minimum Gasteiger partial charge on any atom is -0.484 e. The minimum absolute atomic E-state index is 0.0265. The number of aromatic nitrogens is 2. The predicted molar refractivity (Wildman–Crippen MR) is 79.0 cm³/mol. The Bertz CT molecular complexity index is 613. The summed E-state index contributed by atoms with van der Waals surface area (Å²) in [5.74, 6) is 0.425. The molecule has 1 saturated heterocycles. The van der Waals surface area contributed by atoms with Gasteiger partial charge in [0, 0.05) is 30.9 Å². The first-order valence-corrected chi connectivity index (χ1v) is 7.38. The van der Waals surface area contributed by atoms with Crippen molar-refractivity contribution in [3.8, 4) is 5.75 Å². The van der Waals surface area contributed by atoms with Gasteiger partial charge in [0.05, 0.1) is 0 Å². The van der Waals surface area contributed by atoms with Gasteiger partial charge >= 0.3 is 0 Å². The topological polar surface area (TPSA) is 58.2 Å². The van der Waals surface area contributed by atoms with Crippen molar-refractivity contribution in [2.24, 2.45) is 0 Å². The van der Waals surface area contributed by atoms with Crippen LogP contribution in [0.4, 0.5) is 4.39 Å². The van der Waals surface area contributed by atoms with Crippen molar-refractivity contribution in [1.29, 1.82) is 0 Å². The molecule has 1 aromatic heterocycles. The lowest BCUT2D eigenvalue weighted by Crippen LogP contribution is -2.41. The van der Waals surface area contributed by atoms with E-state index in [1.165, 1.54) is 24.3 Å². The quantitative estimate of drug-likeness (QED) is 0.943. The number of aromatic amines is 1. The molecule has 0 radical (unpaired) electrons. The van der Waals surface area contributed by atoms with Crippen molar-refractivity contribution in [1.82, 2.24) is 15.1 Å². The van der Waals surface area contributed by atoms with Crippen molar-refractivity contribution in [2.45, 2.75) is 18.8 Å². The summed E-state index contributed by atoms with van der Waals surface area (Å²) in [4.78, 5) is 14.1. The van der Waals surface area contributed by atoms with Gasteiger partial charge in [0.2, 0.25) is 0 Å². The molecule has 1 N–H and O–H groups in total. The molecule has 0 saturated carbocycles. The highest BCUT2D eigenvalue weighted by molar-refractivity contribution is 5.78. The second kappa shape index (κ2) is 6.60. The highest BCUT2D eigenvalue weighted by Gasteiger charge is 2.25. The Morgan fingerprint density at radius 3 is 2.91 bits per heavy atom. The van der Waals surface area contributed by atoms with Crippen LogP contribution < -0.4 is 4.74 Å². The number of ether oxygens (including phenoxy) is 1. The molecule has 6 heteroatoms. The molecule has 116 valence electrons. The van der Waals surface area contributed by atoms with Gasteiger partial charge in [0.25, 0.3) is 5.91 Å². The number of H-pyrrole nitrogens is 1. The Labute approximate surface area is 128 Å². The van der Waals surface area contributed by atoms with E-state index in [1.807, 2.05) is 11.0 Å². The van der Waals surface area contributed by atoms with E-state index in [9.17, 15) is 9.18 Å². The Balaban J connectivity index is 1.54. The SMILES string of the molecule is O=C(COc1ccc(F)cc1)N1CCC[C@@H](c2ccn[nH]2)C1. The van der Waals surface area contributed by atoms with Crippen LogP contribution in [-0.4, -0.2) is 40.7 Å². The third-order valence-electron chi connectivity index (χ3n) is 3.91. The number of hydrogen-bond acceptors (Lipinski definition) is 3. The Morgan fingerprint density at radius 1 is 1.36 bits per heavy atom. The van der Waals surface area contributed by atoms with E-state index in [-0.39, 0.29) is 18.3 Å². The number of nitrogens with zero attached hydrogens (tertiary/aromatic N) is 2. The van der Waals surface area contributed by atoms with Gasteiger partial charge in [0.15, 0.2) is 6.61 Å². The van der Waals surface area contributed by atoms with E-state index in [0.29, 0.717) is 18.2 Å². The zero-order chi connectivity index (χ0) is 15.4. The number of benzene rings is 1. The molecule has 0 bridgehead atoms. The monoisotopic (exact) mass is 303 g/mol. The first-order valence-electron chi connectivity index (χ1n) is 7.38. The molecule has 2 aromatic rings. The first kappa shape index (κ1) is 14.6. The molecule has 1 aliphatic heterocycles. The van der Waals surface area contributed by atoms with Crippen molar-refractivity contribution in [2.75, 3.05) is 19.7 Å². The zero-order valence-electron chi connectivity index (χ0n) is 12.2. The summed E-state index contributed by atoms with van der Waals surface area (Å²) in [6.45, 7) is 1.39. The summed E-state index contributed by atoms with van der Waals surface area (Å²) < 4.78 is 18.2. The molecular formula is C16H18FN3O2. The molecule has 22 heavy (non-hydrogen) atoms. The van der Waals surface area contributed by atoms with Crippen LogP contribution in [0.15, 0.2) is 36.5 Å². The van der Waals surface area contributed by atoms with E-state index in [4.69, 9.17) is 4.74 Å². The maximum absolute atomic E-state index is 12.8. The van der Waals surface area contributed by atoms with Gasteiger partial charge in [-0.3, -0.25) is 9.89 Å². The highest BCUT2D eigenvalue weighted by atomic mass is 19.1. The second-order valence-electron chi connectivity index (χ2n) is 5.43. The van der Waals surface area contributed by atoms with Gasteiger partial charge in [-0.05, 0) is 43.2 Å². The predicted octanol–water partition coefficient (Wildman–Crippen LogP) is 2.33. The maximum atomic E-state index is 12.8. The molecule has 0 spiro atoms. The maximum Gasteiger partial charge on any atom is 0.260 e. The fourth-order valence-corrected chi connectivity index (χ4v) is 2.72. The van der Waals surface area contributed by atoms with Gasteiger partial charge in [-0.15, -0.1) is 0 Å². The number of amides is 1. The summed E-state index contributed by atoms with van der Waals surface area (Å²) in [6.07, 6.45) is 3.74. The summed E-state index contributed by atoms with van der Waals surface area (Å²) >= 11 is 0. The van der Waals surface area contributed by atoms with Crippen molar-refractivity contribution < 1.29 is 13.9 Å². The van der Waals surface area contributed by atoms with Crippen LogP contribution in [0, 0.1) is 5.82 Å². The third kappa shape index (κ3) is 3.44. The number of nitrogens with one attached hydrogen (secondary N) is 1. The molecule has 3 rings (SSSR count). The fourth-order valence-electron chi connectivity index (χ4n) is 2.72. The number of likely N-dealkylation sites (tertiary alicyclic amines) is 1. The van der Waals surface area contributed by atoms with Gasteiger partial charge in [-0.1, -0.05) is 0 Å². The number of piperidine rings is 1. The summed E-state index contributed by atoms with van der Waals surface area (Å²) in [7, 11) is 0. The average molecular weight is 303 g/mol. The molecule has 0 aliphatic carbocycles. The minimum atomic E-state index is -0.322. The first-order chi connectivity index (χ1) is 10.7. The van der Waals surface area contributed by atoms with Crippen LogP contribution in [0.1, 0.15) is 24.5 Å². The summed E-state index contributed by atoms with van der Waals surface area (Å²) in [5, 5.41) is 6.94. The van der Waals surface area contributed by atoms with Crippen LogP contribution in [0.2, 0.25) is 0 Å². The molecule has 2 heterocycles. The van der Waals surface area contributed by atoms with Gasteiger partial charge in [-0.2, -0.15) is 5.10 Å². The van der Waals surface area contributed by atoms with Crippen LogP contribution >= 0.6 is 0 Å². The van der Waals surface area contributed by atoms with Gasteiger partial charge in [0.1, 0.15) is 11.6 Å². The van der Waals surface area contributed by atoms with E-state index < -0.39 is 0 Å². The Morgan fingerprint density at radius 2 is 2.18 bits per heavy atom. The third-order valence-corrected chi connectivity index (χ3v) is 3.91. The lowest BCUT2D eigenvalue weighted by molar-refractivity contribution is -0.134. The van der Waals surface area contributed by atoms with Crippen LogP contribution in [0.5, 0.6) is 5.75 Å². The molecular weight excluding hydrogens is 285 g/mol. The standard InChI is InChI=1S/C16H18FN3O2/c17-13-3-5-14(6-4-13)22-11-16(21)20-9-1-2-12(10-20)15-7-8-18-19-15/h3-8,12H,1-2,9-11H2,(H,18,19)/t12-/m1/s1. The number of rotatable bonds is 4. The smallest absolute Gasteiger partial charge is 0.260 e. The highest BCUT2D eigenvalue weighted by Crippen LogP contribution is 2.25. The average Bonchev–Trinajstić information content (AvgIpc) is 3.09. The summed E-state index contributed by atoms with van der Waals surface area (Å²) in [5.41, 5.74) is 1.07. The second-order valence-corrected chi connectivity index (χ2v) is 5.43. The van der Waals surface area contributed by atoms with Crippen LogP contribution in [0.25, 0.3) is 0 Å². The Kier molecular flexibility index (Phi) is 4.37. The van der Waals surface area contributed by atoms with Crippen molar-refractivity contribution >= 4 is 5.91 Å². The lowest BCUT2D eigenvalue weighted by Gasteiger charge is -2.32. The number of carbonyl (C=O) groups is 1. The molecule has 5 nitrogen and oxygen atoms in total. The zero-order valence-corrected chi connectivity index (χ0v) is 12.2. The molecule has 1 amide bonds. The van der Waals surface area contributed by atoms with Gasteiger partial charge < -0.3 is 9.64 Å². The van der Waals surface area contributed by atoms with E-state index >= 15 is 0 Å². The van der Waals surface area contributed by atoms with E-state index in [0.717, 1.165) is 25.1 Å². The van der Waals surface area contributed by atoms with Gasteiger partial charge in [-0.25, -0.2) is 4.39 Å². The Hall–Kier alpha value is -2.37. The molecule has 1 aliphatic rings. The number of carbonyl (C=O) groups excluding carboxylic acids is 1. The fraction of sp³-hybridized carbons (Fsp3) is 0.375. The molecule has 1 aromatic carbocycles. The van der Waals surface area contributed by atoms with Crippen molar-refractivity contribution in [3.63, 3.8) is 0 Å². The van der Waals surface area contributed by atoms with E-state index in [1.54, 1.807) is 6.20 Å². The number of hydrogen-bond donors (Lipinski definition) is 1. The molecule has 0 unspecified atom stereocenters. The van der Waals surface area contributed by atoms with E-state index in [2.05, 4.69) is 10.2 Å². The van der Waals surface area contributed by atoms with Crippen molar-refractivity contribution in [3.05, 3.63) is 48.0 Å².